The van der Waals surface area contributed by atoms with Gasteiger partial charge in [0.15, 0.2) is 0 Å². The van der Waals surface area contributed by atoms with Gasteiger partial charge in [-0.1, -0.05) is 29.8 Å². The highest BCUT2D eigenvalue weighted by Gasteiger charge is 2.09. The minimum atomic E-state index is -0.553. The molecule has 2 nitrogen and oxygen atoms in total. The lowest BCUT2D eigenvalue weighted by Gasteiger charge is -2.08. The third-order valence-corrected chi connectivity index (χ3v) is 2.56. The first-order valence-corrected chi connectivity index (χ1v) is 5.64. The zero-order chi connectivity index (χ0) is 12.3. The number of rotatable bonds is 3. The number of carbonyl (C=O) groups is 1. The van der Waals surface area contributed by atoms with Crippen molar-refractivity contribution in [3.8, 4) is 11.5 Å². The Morgan fingerprint density at radius 3 is 2.53 bits per heavy atom. The fraction of sp³-hybridized carbons (Fsp3) is 0. The second-order valence-corrected chi connectivity index (χ2v) is 4.11. The number of hydrogen-bond acceptors (Lipinski definition) is 2. The van der Waals surface area contributed by atoms with E-state index in [-0.39, 0.29) is 0 Å². The Morgan fingerprint density at radius 1 is 1.06 bits per heavy atom. The molecule has 0 amide bonds. The number of benzene rings is 2. The van der Waals surface area contributed by atoms with E-state index < -0.39 is 5.24 Å². The number of para-hydroxylation sites is 1. The summed E-state index contributed by atoms with van der Waals surface area (Å²) in [6.07, 6.45) is 0. The van der Waals surface area contributed by atoms with Gasteiger partial charge in [-0.05, 0) is 41.9 Å². The van der Waals surface area contributed by atoms with Crippen LogP contribution < -0.4 is 4.74 Å². The summed E-state index contributed by atoms with van der Waals surface area (Å²) in [5.74, 6) is 0.970. The van der Waals surface area contributed by atoms with Crippen LogP contribution in [-0.4, -0.2) is 5.24 Å². The fourth-order valence-corrected chi connectivity index (χ4v) is 1.71. The van der Waals surface area contributed by atoms with E-state index in [1.54, 1.807) is 48.5 Å². The van der Waals surface area contributed by atoms with Crippen LogP contribution in [0.5, 0.6) is 11.5 Å². The van der Waals surface area contributed by atoms with Crippen molar-refractivity contribution in [3.63, 3.8) is 0 Å². The largest absolute Gasteiger partial charge is 0.457 e. The number of ether oxygens (including phenoxy) is 1. The van der Waals surface area contributed by atoms with Gasteiger partial charge in [0.1, 0.15) is 11.5 Å². The summed E-state index contributed by atoms with van der Waals surface area (Å²) in [6, 6.07) is 13.7. The Kier molecular flexibility index (Phi) is 3.67. The topological polar surface area (TPSA) is 26.3 Å². The number of hydrogen-bond donors (Lipinski definition) is 0. The van der Waals surface area contributed by atoms with E-state index >= 15 is 0 Å². The first-order chi connectivity index (χ1) is 8.16. The second kappa shape index (κ2) is 5.21. The predicted molar refractivity (Wildman–Crippen MR) is 68.2 cm³/mol. The van der Waals surface area contributed by atoms with Crippen molar-refractivity contribution in [2.75, 3.05) is 0 Å². The monoisotopic (exact) mass is 266 g/mol. The van der Waals surface area contributed by atoms with Crippen LogP contribution >= 0.6 is 23.2 Å². The van der Waals surface area contributed by atoms with Crippen molar-refractivity contribution in [2.45, 2.75) is 0 Å². The maximum absolute atomic E-state index is 11.2. The molecule has 4 heteroatoms. The van der Waals surface area contributed by atoms with Crippen LogP contribution in [0.15, 0.2) is 48.5 Å². The maximum Gasteiger partial charge on any atom is 0.256 e. The molecule has 0 unspecified atom stereocenters. The molecule has 0 heterocycles. The minimum Gasteiger partial charge on any atom is -0.457 e. The van der Waals surface area contributed by atoms with Crippen LogP contribution in [0, 0.1) is 0 Å². The van der Waals surface area contributed by atoms with E-state index in [2.05, 4.69) is 0 Å². The van der Waals surface area contributed by atoms with Gasteiger partial charge in [-0.2, -0.15) is 0 Å². The molecule has 0 aliphatic carbocycles. The van der Waals surface area contributed by atoms with Gasteiger partial charge in [0.05, 0.1) is 5.56 Å². The summed E-state index contributed by atoms with van der Waals surface area (Å²) in [4.78, 5) is 11.2. The van der Waals surface area contributed by atoms with Crippen LogP contribution in [0.25, 0.3) is 0 Å². The third-order valence-electron chi connectivity index (χ3n) is 2.12. The molecule has 2 aromatic carbocycles. The van der Waals surface area contributed by atoms with Crippen molar-refractivity contribution < 1.29 is 9.53 Å². The van der Waals surface area contributed by atoms with Crippen molar-refractivity contribution >= 4 is 28.4 Å². The summed E-state index contributed by atoms with van der Waals surface area (Å²) in [5.41, 5.74) is 0.328. The van der Waals surface area contributed by atoms with Crippen molar-refractivity contribution in [1.29, 1.82) is 0 Å². The summed E-state index contributed by atoms with van der Waals surface area (Å²) in [6.45, 7) is 0. The van der Waals surface area contributed by atoms with Gasteiger partial charge in [0.25, 0.3) is 5.24 Å². The van der Waals surface area contributed by atoms with Crippen molar-refractivity contribution in [2.24, 2.45) is 0 Å². The van der Waals surface area contributed by atoms with E-state index in [4.69, 9.17) is 27.9 Å². The lowest BCUT2D eigenvalue weighted by Crippen LogP contribution is -1.94. The normalized spacial score (nSPS) is 10.0. The molecule has 2 rings (SSSR count). The molecule has 17 heavy (non-hydrogen) atoms. The summed E-state index contributed by atoms with van der Waals surface area (Å²) >= 11 is 11.3. The molecule has 0 aliphatic rings. The van der Waals surface area contributed by atoms with Gasteiger partial charge in [0.2, 0.25) is 0 Å². The van der Waals surface area contributed by atoms with Gasteiger partial charge < -0.3 is 4.74 Å². The quantitative estimate of drug-likeness (QED) is 0.764. The Morgan fingerprint density at radius 2 is 1.82 bits per heavy atom. The van der Waals surface area contributed by atoms with Gasteiger partial charge in [0, 0.05) is 5.02 Å². The van der Waals surface area contributed by atoms with Crippen molar-refractivity contribution in [3.05, 3.63) is 59.1 Å². The standard InChI is InChI=1S/C13H8Cl2O2/c14-9-4-3-5-10(8-9)17-12-7-2-1-6-11(12)13(15)16/h1-8H. The van der Waals surface area contributed by atoms with E-state index in [1.165, 1.54) is 0 Å². The molecule has 0 radical (unpaired) electrons. The van der Waals surface area contributed by atoms with E-state index in [9.17, 15) is 4.79 Å². The van der Waals surface area contributed by atoms with Gasteiger partial charge in [-0.25, -0.2) is 0 Å². The van der Waals surface area contributed by atoms with Crippen LogP contribution in [0.2, 0.25) is 5.02 Å². The molecular formula is C13H8Cl2O2. The molecule has 0 aliphatic heterocycles. The number of carbonyl (C=O) groups excluding carboxylic acids is 1. The fourth-order valence-electron chi connectivity index (χ4n) is 1.38. The van der Waals surface area contributed by atoms with Crippen molar-refractivity contribution in [1.82, 2.24) is 0 Å². The highest BCUT2D eigenvalue weighted by atomic mass is 35.5. The molecule has 0 aromatic heterocycles. The average molecular weight is 267 g/mol. The predicted octanol–water partition coefficient (Wildman–Crippen LogP) is 4.51. The average Bonchev–Trinajstić information content (AvgIpc) is 2.29. The Balaban J connectivity index is 2.33. The first kappa shape index (κ1) is 12.0. The zero-order valence-corrected chi connectivity index (χ0v) is 10.2. The lowest BCUT2D eigenvalue weighted by atomic mass is 10.2. The van der Waals surface area contributed by atoms with Gasteiger partial charge in [-0.15, -0.1) is 0 Å². The molecule has 0 spiro atoms. The number of halogens is 2. The molecule has 0 saturated carbocycles. The molecule has 0 bridgehead atoms. The Hall–Kier alpha value is -1.51. The summed E-state index contributed by atoms with van der Waals surface area (Å²) < 4.78 is 5.56. The second-order valence-electron chi connectivity index (χ2n) is 3.33. The molecule has 0 atom stereocenters. The van der Waals surface area contributed by atoms with Gasteiger partial charge in [-0.3, -0.25) is 4.79 Å². The van der Waals surface area contributed by atoms with Crippen LogP contribution in [0.4, 0.5) is 0 Å². The van der Waals surface area contributed by atoms with E-state index in [1.807, 2.05) is 0 Å². The Bertz CT molecular complexity index is 553. The molecular weight excluding hydrogens is 259 g/mol. The van der Waals surface area contributed by atoms with Gasteiger partial charge >= 0.3 is 0 Å². The first-order valence-electron chi connectivity index (χ1n) is 4.89. The molecule has 0 fully saturated rings. The molecule has 86 valence electrons. The maximum atomic E-state index is 11.2. The van der Waals surface area contributed by atoms with Crippen LogP contribution in [0.1, 0.15) is 10.4 Å². The van der Waals surface area contributed by atoms with Crippen LogP contribution in [0.3, 0.4) is 0 Å². The SMILES string of the molecule is O=C(Cl)c1ccccc1Oc1cccc(Cl)c1. The van der Waals surface area contributed by atoms with Crippen LogP contribution in [-0.2, 0) is 0 Å². The molecule has 0 saturated heterocycles. The minimum absolute atomic E-state index is 0.328. The third kappa shape index (κ3) is 2.99. The van der Waals surface area contributed by atoms with E-state index in [0.717, 1.165) is 0 Å². The van der Waals surface area contributed by atoms with E-state index in [0.29, 0.717) is 22.1 Å². The summed E-state index contributed by atoms with van der Waals surface area (Å²) in [5, 5.41) is 0.0137. The highest BCUT2D eigenvalue weighted by Crippen LogP contribution is 2.27. The highest BCUT2D eigenvalue weighted by molar-refractivity contribution is 6.68. The zero-order valence-electron chi connectivity index (χ0n) is 8.69. The lowest BCUT2D eigenvalue weighted by molar-refractivity contribution is 0.107. The molecule has 0 N–H and O–H groups in total. The summed E-state index contributed by atoms with van der Waals surface area (Å²) in [7, 11) is 0. The molecule has 2 aromatic rings. The smallest absolute Gasteiger partial charge is 0.256 e. The Labute approximate surface area is 109 Å².